The first-order chi connectivity index (χ1) is 8.91. The molecule has 0 saturated heterocycles. The van der Waals surface area contributed by atoms with Gasteiger partial charge in [0, 0.05) is 6.54 Å². The van der Waals surface area contributed by atoms with Gasteiger partial charge in [0.15, 0.2) is 0 Å². The Bertz CT molecular complexity index is 501. The largest absolute Gasteiger partial charge is 0.393 e. The molecule has 1 aromatic carbocycles. The highest BCUT2D eigenvalue weighted by atomic mass is 32.2. The van der Waals surface area contributed by atoms with E-state index in [4.69, 9.17) is 18.0 Å². The number of nitrogens with one attached hydrogen (secondary N) is 1. The highest BCUT2D eigenvalue weighted by Crippen LogP contribution is 2.16. The second kappa shape index (κ2) is 7.57. The highest BCUT2D eigenvalue weighted by molar-refractivity contribution is 7.89. The summed E-state index contributed by atoms with van der Waals surface area (Å²) in [6.45, 7) is 2.28. The Balaban J connectivity index is 2.44. The van der Waals surface area contributed by atoms with E-state index in [9.17, 15) is 8.42 Å². The number of hydrogen-bond acceptors (Lipinski definition) is 3. The van der Waals surface area contributed by atoms with Gasteiger partial charge in [0.2, 0.25) is 10.0 Å². The molecule has 0 spiro atoms. The van der Waals surface area contributed by atoms with Crippen molar-refractivity contribution in [2.45, 2.75) is 25.7 Å². The van der Waals surface area contributed by atoms with Crippen LogP contribution in [0.25, 0.3) is 0 Å². The molecule has 0 aromatic heterocycles. The zero-order valence-electron chi connectivity index (χ0n) is 11.0. The molecule has 0 heterocycles. The minimum atomic E-state index is -3.26. The van der Waals surface area contributed by atoms with Crippen molar-refractivity contribution in [3.05, 3.63) is 35.9 Å². The second-order valence-electron chi connectivity index (χ2n) is 4.56. The molecule has 0 fully saturated rings. The molecule has 1 aromatic rings. The number of rotatable bonds is 8. The van der Waals surface area contributed by atoms with Gasteiger partial charge in [-0.2, -0.15) is 0 Å². The third-order valence-electron chi connectivity index (χ3n) is 2.76. The maximum absolute atomic E-state index is 11.9. The van der Waals surface area contributed by atoms with Crippen molar-refractivity contribution < 1.29 is 8.42 Å². The molecule has 19 heavy (non-hydrogen) atoms. The third kappa shape index (κ3) is 6.66. The van der Waals surface area contributed by atoms with E-state index in [-0.39, 0.29) is 11.7 Å². The lowest BCUT2D eigenvalue weighted by Gasteiger charge is -2.13. The Morgan fingerprint density at radius 2 is 2.00 bits per heavy atom. The Morgan fingerprint density at radius 3 is 2.58 bits per heavy atom. The van der Waals surface area contributed by atoms with Gasteiger partial charge in [0.1, 0.15) is 0 Å². The molecule has 0 aliphatic rings. The maximum Gasteiger partial charge on any atom is 0.212 e. The first-order valence-corrected chi connectivity index (χ1v) is 8.27. The Morgan fingerprint density at radius 1 is 1.37 bits per heavy atom. The zero-order chi connectivity index (χ0) is 14.3. The van der Waals surface area contributed by atoms with E-state index in [1.165, 1.54) is 0 Å². The van der Waals surface area contributed by atoms with Crippen LogP contribution in [0.2, 0.25) is 0 Å². The smallest absolute Gasteiger partial charge is 0.212 e. The summed E-state index contributed by atoms with van der Waals surface area (Å²) in [7, 11) is -3.26. The summed E-state index contributed by atoms with van der Waals surface area (Å²) < 4.78 is 26.3. The summed E-state index contributed by atoms with van der Waals surface area (Å²) in [6, 6.07) is 9.61. The number of hydrogen-bond donors (Lipinski definition) is 2. The summed E-state index contributed by atoms with van der Waals surface area (Å²) in [5.41, 5.74) is 6.38. The molecular weight excluding hydrogens is 280 g/mol. The van der Waals surface area contributed by atoms with Crippen molar-refractivity contribution >= 4 is 27.2 Å². The van der Waals surface area contributed by atoms with E-state index < -0.39 is 10.0 Å². The van der Waals surface area contributed by atoms with E-state index in [1.807, 2.05) is 37.3 Å². The summed E-state index contributed by atoms with van der Waals surface area (Å²) in [4.78, 5) is 0.414. The fourth-order valence-corrected chi connectivity index (χ4v) is 3.32. The second-order valence-corrected chi connectivity index (χ2v) is 6.93. The normalized spacial score (nSPS) is 13.1. The van der Waals surface area contributed by atoms with E-state index in [2.05, 4.69) is 4.72 Å². The van der Waals surface area contributed by atoms with Gasteiger partial charge in [-0.25, -0.2) is 13.1 Å². The van der Waals surface area contributed by atoms with Crippen molar-refractivity contribution in [1.82, 2.24) is 4.72 Å². The Hall–Kier alpha value is -0.980. The standard InChI is InChI=1S/C13H20N2O2S2/c1-11(12-6-3-2-4-7-12)10-19(16,17)15-9-5-8-13(14)18/h2-4,6-7,11,15H,5,8-10H2,1H3,(H2,14,18). The third-order valence-corrected chi connectivity index (χ3v) is 4.55. The number of benzene rings is 1. The van der Waals surface area contributed by atoms with Crippen molar-refractivity contribution in [1.29, 1.82) is 0 Å². The first-order valence-electron chi connectivity index (χ1n) is 6.21. The van der Waals surface area contributed by atoms with Crippen LogP contribution in [0.15, 0.2) is 30.3 Å². The summed E-state index contributed by atoms with van der Waals surface area (Å²) in [6.07, 6.45) is 1.19. The average Bonchev–Trinajstić information content (AvgIpc) is 2.35. The van der Waals surface area contributed by atoms with Crippen LogP contribution in [-0.2, 0) is 10.0 Å². The zero-order valence-corrected chi connectivity index (χ0v) is 12.6. The quantitative estimate of drug-likeness (QED) is 0.567. The lowest BCUT2D eigenvalue weighted by atomic mass is 10.0. The van der Waals surface area contributed by atoms with Crippen LogP contribution in [-0.4, -0.2) is 25.7 Å². The molecule has 0 aliphatic heterocycles. The molecule has 4 nitrogen and oxygen atoms in total. The molecule has 0 amide bonds. The summed E-state index contributed by atoms with van der Waals surface area (Å²) in [5.74, 6) is 0.0543. The predicted octanol–water partition coefficient (Wildman–Crippen LogP) is 1.78. The lowest BCUT2D eigenvalue weighted by Crippen LogP contribution is -2.30. The number of sulfonamides is 1. The maximum atomic E-state index is 11.9. The molecule has 106 valence electrons. The predicted molar refractivity (Wildman–Crippen MR) is 82.7 cm³/mol. The van der Waals surface area contributed by atoms with E-state index in [0.29, 0.717) is 24.4 Å². The van der Waals surface area contributed by atoms with Gasteiger partial charge < -0.3 is 5.73 Å². The van der Waals surface area contributed by atoms with Gasteiger partial charge in [0.05, 0.1) is 10.7 Å². The molecule has 3 N–H and O–H groups in total. The summed E-state index contributed by atoms with van der Waals surface area (Å²) >= 11 is 4.74. The average molecular weight is 300 g/mol. The lowest BCUT2D eigenvalue weighted by molar-refractivity contribution is 0.574. The molecule has 0 aliphatic carbocycles. The van der Waals surface area contributed by atoms with Crippen LogP contribution >= 0.6 is 12.2 Å². The van der Waals surface area contributed by atoms with Crippen LogP contribution in [0.5, 0.6) is 0 Å². The summed E-state index contributed by atoms with van der Waals surface area (Å²) in [5, 5.41) is 0. The fraction of sp³-hybridized carbons (Fsp3) is 0.462. The van der Waals surface area contributed by atoms with Crippen LogP contribution < -0.4 is 10.5 Å². The minimum absolute atomic E-state index is 0.0331. The van der Waals surface area contributed by atoms with Crippen molar-refractivity contribution in [3.8, 4) is 0 Å². The fourth-order valence-electron chi connectivity index (χ4n) is 1.76. The monoisotopic (exact) mass is 300 g/mol. The van der Waals surface area contributed by atoms with Gasteiger partial charge in [-0.1, -0.05) is 49.5 Å². The SMILES string of the molecule is CC(CS(=O)(=O)NCCCC(N)=S)c1ccccc1. The topological polar surface area (TPSA) is 72.2 Å². The Labute approximate surface area is 120 Å². The first kappa shape index (κ1) is 16.1. The molecule has 1 unspecified atom stereocenters. The van der Waals surface area contributed by atoms with Gasteiger partial charge >= 0.3 is 0 Å². The van der Waals surface area contributed by atoms with Crippen molar-refractivity contribution in [2.24, 2.45) is 5.73 Å². The number of nitrogens with two attached hydrogens (primary N) is 1. The van der Waals surface area contributed by atoms with Crippen molar-refractivity contribution in [2.75, 3.05) is 12.3 Å². The van der Waals surface area contributed by atoms with Gasteiger partial charge in [-0.3, -0.25) is 0 Å². The molecule has 1 atom stereocenters. The van der Waals surface area contributed by atoms with E-state index >= 15 is 0 Å². The molecule has 0 radical (unpaired) electrons. The van der Waals surface area contributed by atoms with Gasteiger partial charge in [-0.05, 0) is 24.3 Å². The van der Waals surface area contributed by atoms with E-state index in [0.717, 1.165) is 5.56 Å². The van der Waals surface area contributed by atoms with E-state index in [1.54, 1.807) is 0 Å². The molecule has 6 heteroatoms. The minimum Gasteiger partial charge on any atom is -0.393 e. The van der Waals surface area contributed by atoms with Crippen LogP contribution in [0.4, 0.5) is 0 Å². The van der Waals surface area contributed by atoms with Crippen LogP contribution in [0.1, 0.15) is 31.2 Å². The molecule has 0 saturated carbocycles. The van der Waals surface area contributed by atoms with Crippen molar-refractivity contribution in [3.63, 3.8) is 0 Å². The molecular formula is C13H20N2O2S2. The van der Waals surface area contributed by atoms with Gasteiger partial charge in [-0.15, -0.1) is 0 Å². The van der Waals surface area contributed by atoms with Crippen LogP contribution in [0.3, 0.4) is 0 Å². The Kier molecular flexibility index (Phi) is 6.41. The van der Waals surface area contributed by atoms with Gasteiger partial charge in [0.25, 0.3) is 0 Å². The molecule has 1 rings (SSSR count). The van der Waals surface area contributed by atoms with Crippen LogP contribution in [0, 0.1) is 0 Å². The number of thiocarbonyl (C=S) groups is 1. The highest BCUT2D eigenvalue weighted by Gasteiger charge is 2.16. The molecule has 0 bridgehead atoms.